The number of nitrogens with one attached hydrogen (secondary N) is 1. The van der Waals surface area contributed by atoms with Gasteiger partial charge in [-0.25, -0.2) is 8.70 Å². The van der Waals surface area contributed by atoms with Gasteiger partial charge >= 0.3 is 10.2 Å². The standard InChI is InChI=1S/C24H31Cl2FN4O4S/c1-16(2)13-28-24(33)17(3)30(14-20-21(25)7-6-8-22(20)26)23(32)15-31(36(34,35)29(4)5)19-11-9-18(27)10-12-19/h6-12,16-17H,13-15H2,1-5H3,(H,28,33)/t17-/m0/s1. The second-order valence-electron chi connectivity index (χ2n) is 8.81. The van der Waals surface area contributed by atoms with E-state index in [0.717, 1.165) is 20.7 Å². The summed E-state index contributed by atoms with van der Waals surface area (Å²) < 4.78 is 41.5. The van der Waals surface area contributed by atoms with Crippen molar-refractivity contribution in [3.63, 3.8) is 0 Å². The normalized spacial score (nSPS) is 12.5. The van der Waals surface area contributed by atoms with E-state index >= 15 is 0 Å². The van der Waals surface area contributed by atoms with Gasteiger partial charge in [0, 0.05) is 42.8 Å². The average Bonchev–Trinajstić information content (AvgIpc) is 2.80. The van der Waals surface area contributed by atoms with Gasteiger partial charge in [0.1, 0.15) is 18.4 Å². The molecule has 0 saturated carbocycles. The molecule has 0 spiro atoms. The Balaban J connectivity index is 2.48. The molecule has 2 aromatic rings. The van der Waals surface area contributed by atoms with E-state index < -0.39 is 40.4 Å². The molecule has 0 aromatic heterocycles. The zero-order valence-corrected chi connectivity index (χ0v) is 23.2. The summed E-state index contributed by atoms with van der Waals surface area (Å²) in [5, 5.41) is 3.39. The van der Waals surface area contributed by atoms with Crippen molar-refractivity contribution in [1.82, 2.24) is 14.5 Å². The first kappa shape index (κ1) is 29.8. The van der Waals surface area contributed by atoms with Gasteiger partial charge in [0.25, 0.3) is 0 Å². The van der Waals surface area contributed by atoms with Crippen LogP contribution in [0.15, 0.2) is 42.5 Å². The number of nitrogens with zero attached hydrogens (tertiary/aromatic N) is 3. The summed E-state index contributed by atoms with van der Waals surface area (Å²) in [5.41, 5.74) is 0.507. The van der Waals surface area contributed by atoms with E-state index in [4.69, 9.17) is 23.2 Å². The molecule has 0 saturated heterocycles. The molecular weight excluding hydrogens is 530 g/mol. The summed E-state index contributed by atoms with van der Waals surface area (Å²) in [4.78, 5) is 27.8. The smallest absolute Gasteiger partial charge is 0.304 e. The van der Waals surface area contributed by atoms with Gasteiger partial charge in [0.05, 0.1) is 5.69 Å². The number of hydrogen-bond donors (Lipinski definition) is 1. The largest absolute Gasteiger partial charge is 0.354 e. The number of hydrogen-bond acceptors (Lipinski definition) is 4. The topological polar surface area (TPSA) is 90.0 Å². The maximum absolute atomic E-state index is 13.6. The fourth-order valence-corrected chi connectivity index (χ4v) is 4.79. The van der Waals surface area contributed by atoms with E-state index in [9.17, 15) is 22.4 Å². The Morgan fingerprint density at radius 2 is 1.56 bits per heavy atom. The lowest BCUT2D eigenvalue weighted by Gasteiger charge is -2.33. The second kappa shape index (κ2) is 12.7. The van der Waals surface area contributed by atoms with Crippen molar-refractivity contribution in [3.8, 4) is 0 Å². The van der Waals surface area contributed by atoms with Crippen molar-refractivity contribution in [2.45, 2.75) is 33.4 Å². The first-order chi connectivity index (χ1) is 16.7. The highest BCUT2D eigenvalue weighted by molar-refractivity contribution is 7.90. The quantitative estimate of drug-likeness (QED) is 0.450. The molecule has 0 radical (unpaired) electrons. The molecule has 8 nitrogen and oxygen atoms in total. The van der Waals surface area contributed by atoms with E-state index in [1.165, 1.54) is 31.1 Å². The van der Waals surface area contributed by atoms with Crippen molar-refractivity contribution in [1.29, 1.82) is 0 Å². The summed E-state index contributed by atoms with van der Waals surface area (Å²) in [6.45, 7) is 5.03. The van der Waals surface area contributed by atoms with Crippen molar-refractivity contribution >= 4 is 50.9 Å². The van der Waals surface area contributed by atoms with Crippen LogP contribution in [0.25, 0.3) is 0 Å². The minimum Gasteiger partial charge on any atom is -0.354 e. The van der Waals surface area contributed by atoms with Gasteiger partial charge in [-0.2, -0.15) is 12.7 Å². The van der Waals surface area contributed by atoms with Gasteiger partial charge in [0.2, 0.25) is 11.8 Å². The SMILES string of the molecule is CC(C)CNC(=O)[C@H](C)N(Cc1c(Cl)cccc1Cl)C(=O)CN(c1ccc(F)cc1)S(=O)(=O)N(C)C. The van der Waals surface area contributed by atoms with Crippen LogP contribution in [-0.4, -0.2) is 62.7 Å². The summed E-state index contributed by atoms with van der Waals surface area (Å²) in [7, 11) is -1.51. The van der Waals surface area contributed by atoms with Crippen molar-refractivity contribution in [2.24, 2.45) is 5.92 Å². The van der Waals surface area contributed by atoms with Gasteiger partial charge in [0.15, 0.2) is 0 Å². The van der Waals surface area contributed by atoms with Crippen LogP contribution in [0, 0.1) is 11.7 Å². The van der Waals surface area contributed by atoms with E-state index in [0.29, 0.717) is 22.2 Å². The molecule has 2 aromatic carbocycles. The zero-order chi connectivity index (χ0) is 27.2. The molecular formula is C24H31Cl2FN4O4S. The molecule has 36 heavy (non-hydrogen) atoms. The lowest BCUT2D eigenvalue weighted by molar-refractivity contribution is -0.139. The number of benzene rings is 2. The summed E-state index contributed by atoms with van der Waals surface area (Å²) in [6.07, 6.45) is 0. The Kier molecular flexibility index (Phi) is 10.5. The van der Waals surface area contributed by atoms with Crippen LogP contribution in [0.1, 0.15) is 26.3 Å². The second-order valence-corrected chi connectivity index (χ2v) is 11.7. The van der Waals surface area contributed by atoms with Crippen LogP contribution >= 0.6 is 23.2 Å². The highest BCUT2D eigenvalue weighted by Crippen LogP contribution is 2.27. The molecule has 0 aliphatic heterocycles. The third-order valence-corrected chi connectivity index (χ3v) is 7.90. The predicted octanol–water partition coefficient (Wildman–Crippen LogP) is 3.93. The summed E-state index contributed by atoms with van der Waals surface area (Å²) >= 11 is 12.6. The van der Waals surface area contributed by atoms with Crippen molar-refractivity contribution < 1.29 is 22.4 Å². The maximum Gasteiger partial charge on any atom is 0.304 e. The number of halogens is 3. The molecule has 0 bridgehead atoms. The Labute approximate surface area is 222 Å². The maximum atomic E-state index is 13.6. The van der Waals surface area contributed by atoms with Crippen molar-refractivity contribution in [2.75, 3.05) is 31.5 Å². The Morgan fingerprint density at radius 1 is 1.00 bits per heavy atom. The fraction of sp³-hybridized carbons (Fsp3) is 0.417. The molecule has 0 aliphatic carbocycles. The van der Waals surface area contributed by atoms with Crippen molar-refractivity contribution in [3.05, 3.63) is 63.9 Å². The van der Waals surface area contributed by atoms with Crippen LogP contribution in [-0.2, 0) is 26.3 Å². The number of carbonyl (C=O) groups excluding carboxylic acids is 2. The minimum absolute atomic E-state index is 0.0890. The van der Waals surface area contributed by atoms with Gasteiger partial charge in [-0.1, -0.05) is 43.1 Å². The minimum atomic E-state index is -4.15. The third kappa shape index (κ3) is 7.55. The molecule has 0 fully saturated rings. The molecule has 2 rings (SSSR count). The highest BCUT2D eigenvalue weighted by atomic mass is 35.5. The first-order valence-electron chi connectivity index (χ1n) is 11.2. The molecule has 2 amide bonds. The lowest BCUT2D eigenvalue weighted by Crippen LogP contribution is -2.52. The van der Waals surface area contributed by atoms with E-state index in [-0.39, 0.29) is 18.2 Å². The summed E-state index contributed by atoms with van der Waals surface area (Å²) in [6, 6.07) is 8.62. The van der Waals surface area contributed by atoms with E-state index in [1.54, 1.807) is 25.1 Å². The Hall–Kier alpha value is -2.40. The van der Waals surface area contributed by atoms with Crippen LogP contribution in [0.5, 0.6) is 0 Å². The van der Waals surface area contributed by atoms with Gasteiger partial charge in [-0.3, -0.25) is 9.59 Å². The molecule has 1 N–H and O–H groups in total. The van der Waals surface area contributed by atoms with Crippen LogP contribution in [0.3, 0.4) is 0 Å². The van der Waals surface area contributed by atoms with Crippen LogP contribution in [0.4, 0.5) is 10.1 Å². The molecule has 0 heterocycles. The molecule has 12 heteroatoms. The number of rotatable bonds is 11. The third-order valence-electron chi connectivity index (χ3n) is 5.38. The summed E-state index contributed by atoms with van der Waals surface area (Å²) in [5.74, 6) is -1.46. The predicted molar refractivity (Wildman–Crippen MR) is 141 cm³/mol. The lowest BCUT2D eigenvalue weighted by atomic mass is 10.1. The number of carbonyl (C=O) groups is 2. The van der Waals surface area contributed by atoms with Gasteiger partial charge in [-0.05, 0) is 49.2 Å². The van der Waals surface area contributed by atoms with Crippen LogP contribution < -0.4 is 9.62 Å². The Bertz CT molecular complexity index is 1160. The highest BCUT2D eigenvalue weighted by Gasteiger charge is 2.33. The molecule has 198 valence electrons. The van der Waals surface area contributed by atoms with Gasteiger partial charge < -0.3 is 10.2 Å². The monoisotopic (exact) mass is 560 g/mol. The van der Waals surface area contributed by atoms with Gasteiger partial charge in [-0.15, -0.1) is 0 Å². The molecule has 0 unspecified atom stereocenters. The average molecular weight is 562 g/mol. The number of anilines is 1. The van der Waals surface area contributed by atoms with E-state index in [1.807, 2.05) is 13.8 Å². The van der Waals surface area contributed by atoms with E-state index in [2.05, 4.69) is 5.32 Å². The van der Waals surface area contributed by atoms with Crippen LogP contribution in [0.2, 0.25) is 10.0 Å². The molecule has 1 atom stereocenters. The first-order valence-corrected chi connectivity index (χ1v) is 13.4. The fourth-order valence-electron chi connectivity index (χ4n) is 3.21. The Morgan fingerprint density at radius 3 is 2.06 bits per heavy atom. The number of amides is 2. The zero-order valence-electron chi connectivity index (χ0n) is 20.8. The molecule has 0 aliphatic rings.